The minimum absolute atomic E-state index is 0.270. The van der Waals surface area contributed by atoms with Crippen molar-refractivity contribution in [2.45, 2.75) is 31.3 Å². The molecule has 2 heterocycles. The van der Waals surface area contributed by atoms with Crippen LogP contribution >= 0.6 is 35.0 Å². The van der Waals surface area contributed by atoms with Crippen LogP contribution in [0.2, 0.25) is 10.0 Å². The van der Waals surface area contributed by atoms with Crippen LogP contribution in [0.15, 0.2) is 53.7 Å². The molecule has 180 valence electrons. The molecule has 0 aliphatic carbocycles. The maximum absolute atomic E-state index is 12.5. The van der Waals surface area contributed by atoms with Crippen molar-refractivity contribution in [3.63, 3.8) is 0 Å². The van der Waals surface area contributed by atoms with E-state index in [0.717, 1.165) is 73.5 Å². The second kappa shape index (κ2) is 12.1. The molecule has 1 saturated heterocycles. The van der Waals surface area contributed by atoms with Crippen LogP contribution < -0.4 is 0 Å². The summed E-state index contributed by atoms with van der Waals surface area (Å²) in [6.45, 7) is 6.86. The fourth-order valence-electron chi connectivity index (χ4n) is 4.01. The van der Waals surface area contributed by atoms with Gasteiger partial charge >= 0.3 is 0 Å². The van der Waals surface area contributed by atoms with Gasteiger partial charge in [-0.05, 0) is 37.6 Å². The number of likely N-dealkylation sites (N-methyl/N-ethyl adjacent to an activating group) is 1. The van der Waals surface area contributed by atoms with Crippen LogP contribution in [0.5, 0.6) is 0 Å². The third kappa shape index (κ3) is 6.13. The Morgan fingerprint density at radius 1 is 0.971 bits per heavy atom. The van der Waals surface area contributed by atoms with Crippen molar-refractivity contribution in [1.82, 2.24) is 24.6 Å². The first-order valence-corrected chi connectivity index (χ1v) is 13.4. The molecule has 1 aliphatic heterocycles. The molecule has 0 bridgehead atoms. The van der Waals surface area contributed by atoms with Gasteiger partial charge in [0.1, 0.15) is 0 Å². The van der Waals surface area contributed by atoms with Crippen LogP contribution in [0, 0.1) is 0 Å². The number of hydrogen-bond acceptors (Lipinski definition) is 5. The summed E-state index contributed by atoms with van der Waals surface area (Å²) in [5, 5.41) is 10.7. The monoisotopic (exact) mass is 517 g/mol. The molecule has 1 fully saturated rings. The standard InChI is InChI=1S/C25H29Cl2N5OS/c1-2-30-13-15-31(16-14-30)23(33)10-6-7-17-34-25-29-28-24(19-8-4-3-5-9-19)32(25)20-11-12-21(26)22(27)18-20/h3-5,8-9,11-12,18H,2,6-7,10,13-17H2,1H3. The highest BCUT2D eigenvalue weighted by atomic mass is 35.5. The van der Waals surface area contributed by atoms with Crippen molar-refractivity contribution in [3.8, 4) is 17.1 Å². The summed E-state index contributed by atoms with van der Waals surface area (Å²) in [6.07, 6.45) is 2.40. The maximum Gasteiger partial charge on any atom is 0.222 e. The maximum atomic E-state index is 12.5. The van der Waals surface area contributed by atoms with Gasteiger partial charge in [-0.1, -0.05) is 72.2 Å². The van der Waals surface area contributed by atoms with Crippen LogP contribution in [0.25, 0.3) is 17.1 Å². The molecular formula is C25H29Cl2N5OS. The topological polar surface area (TPSA) is 54.3 Å². The van der Waals surface area contributed by atoms with E-state index in [1.807, 2.05) is 51.9 Å². The van der Waals surface area contributed by atoms with E-state index in [1.54, 1.807) is 17.8 Å². The number of halogens is 2. The van der Waals surface area contributed by atoms with Gasteiger partial charge in [0.05, 0.1) is 15.7 Å². The first kappa shape index (κ1) is 25.0. The van der Waals surface area contributed by atoms with E-state index in [4.69, 9.17) is 23.2 Å². The van der Waals surface area contributed by atoms with Gasteiger partial charge in [0.25, 0.3) is 0 Å². The van der Waals surface area contributed by atoms with Crippen LogP contribution in [-0.2, 0) is 4.79 Å². The van der Waals surface area contributed by atoms with Gasteiger partial charge in [-0.25, -0.2) is 0 Å². The first-order valence-electron chi connectivity index (χ1n) is 11.7. The quantitative estimate of drug-likeness (QED) is 0.270. The lowest BCUT2D eigenvalue weighted by Gasteiger charge is -2.34. The molecule has 3 aromatic rings. The number of amides is 1. The van der Waals surface area contributed by atoms with Gasteiger partial charge < -0.3 is 9.80 Å². The van der Waals surface area contributed by atoms with Crippen molar-refractivity contribution in [3.05, 3.63) is 58.6 Å². The Hall–Kier alpha value is -2.06. The molecule has 9 heteroatoms. The van der Waals surface area contributed by atoms with E-state index in [0.29, 0.717) is 16.5 Å². The molecule has 1 aromatic heterocycles. The number of carbonyl (C=O) groups is 1. The lowest BCUT2D eigenvalue weighted by molar-refractivity contribution is -0.133. The average molecular weight is 519 g/mol. The van der Waals surface area contributed by atoms with Crippen molar-refractivity contribution in [2.24, 2.45) is 0 Å². The minimum Gasteiger partial charge on any atom is -0.340 e. The Bertz CT molecular complexity index is 1100. The third-order valence-electron chi connectivity index (χ3n) is 6.02. The Kier molecular flexibility index (Phi) is 8.89. The Balaban J connectivity index is 1.38. The zero-order valence-electron chi connectivity index (χ0n) is 19.3. The number of piperazine rings is 1. The molecule has 1 aliphatic rings. The second-order valence-corrected chi connectivity index (χ2v) is 10.1. The van der Waals surface area contributed by atoms with Crippen molar-refractivity contribution in [1.29, 1.82) is 0 Å². The summed E-state index contributed by atoms with van der Waals surface area (Å²) >= 11 is 14.1. The van der Waals surface area contributed by atoms with Gasteiger partial charge in [0.15, 0.2) is 11.0 Å². The largest absolute Gasteiger partial charge is 0.340 e. The molecular weight excluding hydrogens is 489 g/mol. The van der Waals surface area contributed by atoms with E-state index in [1.165, 1.54) is 0 Å². The molecule has 0 unspecified atom stereocenters. The smallest absolute Gasteiger partial charge is 0.222 e. The van der Waals surface area contributed by atoms with E-state index >= 15 is 0 Å². The van der Waals surface area contributed by atoms with E-state index in [9.17, 15) is 4.79 Å². The summed E-state index contributed by atoms with van der Waals surface area (Å²) in [7, 11) is 0. The van der Waals surface area contributed by atoms with Crippen molar-refractivity contribution < 1.29 is 4.79 Å². The summed E-state index contributed by atoms with van der Waals surface area (Å²) in [5.41, 5.74) is 1.84. The molecule has 6 nitrogen and oxygen atoms in total. The number of rotatable bonds is 9. The molecule has 0 saturated carbocycles. The fraction of sp³-hybridized carbons (Fsp3) is 0.400. The number of hydrogen-bond donors (Lipinski definition) is 0. The zero-order valence-corrected chi connectivity index (χ0v) is 21.6. The number of benzene rings is 2. The molecule has 0 spiro atoms. The summed E-state index contributed by atoms with van der Waals surface area (Å²) < 4.78 is 2.01. The molecule has 34 heavy (non-hydrogen) atoms. The van der Waals surface area contributed by atoms with Gasteiger partial charge in [-0.2, -0.15) is 0 Å². The van der Waals surface area contributed by atoms with E-state index < -0.39 is 0 Å². The minimum atomic E-state index is 0.270. The zero-order chi connectivity index (χ0) is 23.9. The number of thioether (sulfide) groups is 1. The molecule has 0 radical (unpaired) electrons. The summed E-state index contributed by atoms with van der Waals surface area (Å²) in [4.78, 5) is 16.9. The molecule has 4 rings (SSSR count). The van der Waals surface area contributed by atoms with Crippen LogP contribution in [0.3, 0.4) is 0 Å². The van der Waals surface area contributed by atoms with Gasteiger partial charge in [0.2, 0.25) is 5.91 Å². The summed E-state index contributed by atoms with van der Waals surface area (Å²) in [6, 6.07) is 15.5. The molecule has 0 atom stereocenters. The third-order valence-corrected chi connectivity index (χ3v) is 7.77. The number of carbonyl (C=O) groups excluding carboxylic acids is 1. The predicted octanol–water partition coefficient (Wildman–Crippen LogP) is 5.67. The number of nitrogens with zero attached hydrogens (tertiary/aromatic N) is 5. The Labute approximate surface area is 215 Å². The van der Waals surface area contributed by atoms with Crippen LogP contribution in [0.1, 0.15) is 26.2 Å². The lowest BCUT2D eigenvalue weighted by Crippen LogP contribution is -2.48. The second-order valence-electron chi connectivity index (χ2n) is 8.23. The van der Waals surface area contributed by atoms with Gasteiger partial charge in [-0.3, -0.25) is 9.36 Å². The van der Waals surface area contributed by atoms with E-state index in [2.05, 4.69) is 22.0 Å². The SMILES string of the molecule is CCN1CCN(C(=O)CCCCSc2nnc(-c3ccccc3)n2-c2ccc(Cl)c(Cl)c2)CC1. The molecule has 1 amide bonds. The molecule has 0 N–H and O–H groups in total. The van der Waals surface area contributed by atoms with E-state index in [-0.39, 0.29) is 5.91 Å². The first-order chi connectivity index (χ1) is 16.6. The number of unbranched alkanes of at least 4 members (excludes halogenated alkanes) is 1. The van der Waals surface area contributed by atoms with Crippen LogP contribution in [-0.4, -0.2) is 68.9 Å². The highest BCUT2D eigenvalue weighted by molar-refractivity contribution is 7.99. The van der Waals surface area contributed by atoms with Crippen molar-refractivity contribution >= 4 is 40.9 Å². The summed E-state index contributed by atoms with van der Waals surface area (Å²) in [5.74, 6) is 1.87. The predicted molar refractivity (Wildman–Crippen MR) is 140 cm³/mol. The van der Waals surface area contributed by atoms with Crippen molar-refractivity contribution in [2.75, 3.05) is 38.5 Å². The Morgan fingerprint density at radius 2 is 1.74 bits per heavy atom. The van der Waals surface area contributed by atoms with Gasteiger partial charge in [0, 0.05) is 43.9 Å². The lowest BCUT2D eigenvalue weighted by atomic mass is 10.2. The molecule has 2 aromatic carbocycles. The normalized spacial score (nSPS) is 14.5. The number of aromatic nitrogens is 3. The average Bonchev–Trinajstić information content (AvgIpc) is 3.30. The van der Waals surface area contributed by atoms with Gasteiger partial charge in [-0.15, -0.1) is 10.2 Å². The van der Waals surface area contributed by atoms with Crippen LogP contribution in [0.4, 0.5) is 0 Å². The highest BCUT2D eigenvalue weighted by Crippen LogP contribution is 2.31. The fourth-order valence-corrected chi connectivity index (χ4v) is 5.25. The highest BCUT2D eigenvalue weighted by Gasteiger charge is 2.20. The Morgan fingerprint density at radius 3 is 2.44 bits per heavy atom.